The number of benzene rings is 1. The molecule has 0 spiro atoms. The molecule has 0 bridgehead atoms. The van der Waals surface area contributed by atoms with E-state index in [9.17, 15) is 13.6 Å². The number of carbonyl (C=O) groups excluding carboxylic acids is 1. The molecule has 0 aromatic heterocycles. The first-order chi connectivity index (χ1) is 5.95. The lowest BCUT2D eigenvalue weighted by molar-refractivity contribution is 0.101. The number of phenols is 1. The fraction of sp³-hybridized carbons (Fsp3) is 0.125. The van der Waals surface area contributed by atoms with Crippen LogP contribution in [0.25, 0.3) is 0 Å². The topological polar surface area (TPSA) is 37.3 Å². The molecular formula is C8H5ClF2O2. The molecule has 0 heterocycles. The molecule has 0 unspecified atom stereocenters. The zero-order chi connectivity index (χ0) is 10.2. The van der Waals surface area contributed by atoms with E-state index < -0.39 is 28.2 Å². The summed E-state index contributed by atoms with van der Waals surface area (Å²) in [6.07, 6.45) is 0. The van der Waals surface area contributed by atoms with E-state index in [0.29, 0.717) is 6.07 Å². The van der Waals surface area contributed by atoms with Gasteiger partial charge < -0.3 is 5.11 Å². The van der Waals surface area contributed by atoms with Crippen LogP contribution >= 0.6 is 11.6 Å². The maximum absolute atomic E-state index is 12.7. The van der Waals surface area contributed by atoms with Crippen molar-refractivity contribution in [2.75, 3.05) is 0 Å². The fourth-order valence-electron chi connectivity index (χ4n) is 0.854. The van der Waals surface area contributed by atoms with Crippen LogP contribution in [0, 0.1) is 11.6 Å². The zero-order valence-corrected chi connectivity index (χ0v) is 7.32. The molecule has 0 aliphatic carbocycles. The van der Waals surface area contributed by atoms with Gasteiger partial charge in [0, 0.05) is 0 Å². The maximum atomic E-state index is 12.7. The first kappa shape index (κ1) is 9.92. The van der Waals surface area contributed by atoms with E-state index >= 15 is 0 Å². The van der Waals surface area contributed by atoms with Gasteiger partial charge in [0.15, 0.2) is 17.4 Å². The van der Waals surface area contributed by atoms with Gasteiger partial charge >= 0.3 is 0 Å². The van der Waals surface area contributed by atoms with Crippen molar-refractivity contribution in [3.63, 3.8) is 0 Å². The van der Waals surface area contributed by atoms with Crippen molar-refractivity contribution >= 4 is 17.4 Å². The second kappa shape index (κ2) is 3.30. The van der Waals surface area contributed by atoms with Crippen LogP contribution in [0.4, 0.5) is 8.78 Å². The molecule has 5 heteroatoms. The molecule has 0 fully saturated rings. The smallest absolute Gasteiger partial charge is 0.181 e. The van der Waals surface area contributed by atoms with Crippen molar-refractivity contribution in [2.45, 2.75) is 6.92 Å². The highest BCUT2D eigenvalue weighted by Gasteiger charge is 2.18. The van der Waals surface area contributed by atoms with Gasteiger partial charge in [0.05, 0.1) is 5.56 Å². The summed E-state index contributed by atoms with van der Waals surface area (Å²) in [4.78, 5) is 10.8. The average Bonchev–Trinajstić information content (AvgIpc) is 2.07. The number of hydrogen-bond donors (Lipinski definition) is 1. The van der Waals surface area contributed by atoms with E-state index in [2.05, 4.69) is 0 Å². The standard InChI is InChI=1S/C8H5ClF2O2/c1-3(12)4-2-5(10)7(11)6(9)8(4)13/h2,13H,1H3. The van der Waals surface area contributed by atoms with Crippen molar-refractivity contribution in [3.8, 4) is 5.75 Å². The third kappa shape index (κ3) is 1.62. The Morgan fingerprint density at radius 2 is 2.08 bits per heavy atom. The Bertz CT molecular complexity index is 377. The lowest BCUT2D eigenvalue weighted by atomic mass is 10.1. The van der Waals surface area contributed by atoms with Crippen LogP contribution in [0.3, 0.4) is 0 Å². The Morgan fingerprint density at radius 3 is 2.54 bits per heavy atom. The Labute approximate surface area is 77.8 Å². The second-order valence-electron chi connectivity index (χ2n) is 2.44. The van der Waals surface area contributed by atoms with Crippen LogP contribution in [0.5, 0.6) is 5.75 Å². The van der Waals surface area contributed by atoms with Gasteiger partial charge in [-0.3, -0.25) is 4.79 Å². The van der Waals surface area contributed by atoms with Gasteiger partial charge in [-0.1, -0.05) is 11.6 Å². The molecule has 0 saturated heterocycles. The minimum Gasteiger partial charge on any atom is -0.506 e. The van der Waals surface area contributed by atoms with Gasteiger partial charge in [-0.15, -0.1) is 0 Å². The van der Waals surface area contributed by atoms with E-state index in [1.165, 1.54) is 0 Å². The second-order valence-corrected chi connectivity index (χ2v) is 2.82. The quantitative estimate of drug-likeness (QED) is 0.566. The van der Waals surface area contributed by atoms with Gasteiger partial charge in [0.1, 0.15) is 10.8 Å². The van der Waals surface area contributed by atoms with E-state index in [1.54, 1.807) is 0 Å². The minimum absolute atomic E-state index is 0.330. The number of aromatic hydroxyl groups is 1. The van der Waals surface area contributed by atoms with Crippen molar-refractivity contribution in [1.29, 1.82) is 0 Å². The molecule has 1 aromatic rings. The normalized spacial score (nSPS) is 10.2. The summed E-state index contributed by atoms with van der Waals surface area (Å²) in [6, 6.07) is 0.610. The first-order valence-corrected chi connectivity index (χ1v) is 3.70. The van der Waals surface area contributed by atoms with Gasteiger partial charge in [-0.05, 0) is 13.0 Å². The molecule has 0 aliphatic rings. The molecule has 0 atom stereocenters. The highest BCUT2D eigenvalue weighted by atomic mass is 35.5. The number of halogens is 3. The first-order valence-electron chi connectivity index (χ1n) is 3.32. The van der Waals surface area contributed by atoms with Gasteiger partial charge in [0.25, 0.3) is 0 Å². The van der Waals surface area contributed by atoms with Crippen LogP contribution in [-0.2, 0) is 0 Å². The van der Waals surface area contributed by atoms with Crippen LogP contribution < -0.4 is 0 Å². The number of hydrogen-bond acceptors (Lipinski definition) is 2. The van der Waals surface area contributed by atoms with Crippen molar-refractivity contribution < 1.29 is 18.7 Å². The lowest BCUT2D eigenvalue weighted by Crippen LogP contribution is -1.97. The van der Waals surface area contributed by atoms with E-state index in [0.717, 1.165) is 6.92 Å². The summed E-state index contributed by atoms with van der Waals surface area (Å²) < 4.78 is 25.3. The minimum atomic E-state index is -1.36. The summed E-state index contributed by atoms with van der Waals surface area (Å²) in [5.41, 5.74) is -0.330. The third-order valence-electron chi connectivity index (χ3n) is 1.52. The number of phenolic OH excluding ortho intramolecular Hbond substituents is 1. The lowest BCUT2D eigenvalue weighted by Gasteiger charge is -2.04. The predicted octanol–water partition coefficient (Wildman–Crippen LogP) is 2.53. The number of carbonyl (C=O) groups is 1. The van der Waals surface area contributed by atoms with Gasteiger partial charge in [-0.25, -0.2) is 8.78 Å². The molecule has 1 N–H and O–H groups in total. The summed E-state index contributed by atoms with van der Waals surface area (Å²) in [6.45, 7) is 1.11. The summed E-state index contributed by atoms with van der Waals surface area (Å²) >= 11 is 5.21. The predicted molar refractivity (Wildman–Crippen MR) is 43.0 cm³/mol. The largest absolute Gasteiger partial charge is 0.506 e. The number of ketones is 1. The SMILES string of the molecule is CC(=O)c1cc(F)c(F)c(Cl)c1O. The van der Waals surface area contributed by atoms with Crippen molar-refractivity contribution in [3.05, 3.63) is 28.3 Å². The van der Waals surface area contributed by atoms with E-state index in [4.69, 9.17) is 16.7 Å². The molecule has 0 radical (unpaired) electrons. The molecular weight excluding hydrogens is 202 g/mol. The Morgan fingerprint density at radius 1 is 1.54 bits per heavy atom. The molecule has 70 valence electrons. The maximum Gasteiger partial charge on any atom is 0.181 e. The van der Waals surface area contributed by atoms with Crippen LogP contribution in [0.1, 0.15) is 17.3 Å². The Balaban J connectivity index is 3.50. The Hall–Kier alpha value is -1.16. The number of rotatable bonds is 1. The number of Topliss-reactive ketones (excluding diaryl/α,β-unsaturated/α-hetero) is 1. The highest BCUT2D eigenvalue weighted by molar-refractivity contribution is 6.32. The van der Waals surface area contributed by atoms with E-state index in [1.807, 2.05) is 0 Å². The summed E-state index contributed by atoms with van der Waals surface area (Å²) in [7, 11) is 0. The molecule has 1 aromatic carbocycles. The van der Waals surface area contributed by atoms with E-state index in [-0.39, 0.29) is 5.56 Å². The molecule has 0 amide bonds. The summed E-state index contributed by atoms with van der Waals surface area (Å²) in [5.74, 6) is -3.93. The van der Waals surface area contributed by atoms with Gasteiger partial charge in [0.2, 0.25) is 0 Å². The van der Waals surface area contributed by atoms with Crippen LogP contribution in [0.2, 0.25) is 5.02 Å². The highest BCUT2D eigenvalue weighted by Crippen LogP contribution is 2.31. The Kier molecular flexibility index (Phi) is 2.52. The average molecular weight is 207 g/mol. The van der Waals surface area contributed by atoms with Crippen LogP contribution in [-0.4, -0.2) is 10.9 Å². The third-order valence-corrected chi connectivity index (χ3v) is 1.86. The summed E-state index contributed by atoms with van der Waals surface area (Å²) in [5, 5.41) is 8.34. The molecule has 13 heavy (non-hydrogen) atoms. The van der Waals surface area contributed by atoms with Gasteiger partial charge in [-0.2, -0.15) is 0 Å². The van der Waals surface area contributed by atoms with Crippen molar-refractivity contribution in [2.24, 2.45) is 0 Å². The molecule has 0 aliphatic heterocycles. The monoisotopic (exact) mass is 206 g/mol. The van der Waals surface area contributed by atoms with Crippen molar-refractivity contribution in [1.82, 2.24) is 0 Å². The van der Waals surface area contributed by atoms with Crippen LogP contribution in [0.15, 0.2) is 6.07 Å². The molecule has 0 saturated carbocycles. The molecule has 1 rings (SSSR count). The molecule has 2 nitrogen and oxygen atoms in total. The zero-order valence-electron chi connectivity index (χ0n) is 6.57. The fourth-order valence-corrected chi connectivity index (χ4v) is 1.05.